The molecule has 4 nitrogen and oxygen atoms in total. The molecule has 21 heavy (non-hydrogen) atoms. The highest BCUT2D eigenvalue weighted by Gasteiger charge is 2.11. The Balaban J connectivity index is 1.91. The Morgan fingerprint density at radius 2 is 2.00 bits per heavy atom. The molecule has 0 saturated heterocycles. The van der Waals surface area contributed by atoms with Crippen molar-refractivity contribution in [1.29, 1.82) is 0 Å². The number of anilines is 1. The van der Waals surface area contributed by atoms with Crippen molar-refractivity contribution >= 4 is 5.69 Å². The van der Waals surface area contributed by atoms with Crippen LogP contribution < -0.4 is 10.5 Å². The predicted octanol–water partition coefficient (Wildman–Crippen LogP) is 3.88. The first kappa shape index (κ1) is 15.4. The summed E-state index contributed by atoms with van der Waals surface area (Å²) in [5.74, 6) is 0.879. The summed E-state index contributed by atoms with van der Waals surface area (Å²) in [4.78, 5) is 4.09. The van der Waals surface area contributed by atoms with Gasteiger partial charge in [0.25, 0.3) is 0 Å². The van der Waals surface area contributed by atoms with Gasteiger partial charge in [-0.2, -0.15) is 0 Å². The van der Waals surface area contributed by atoms with E-state index >= 15 is 0 Å². The summed E-state index contributed by atoms with van der Waals surface area (Å²) in [6, 6.07) is 7.62. The minimum Gasteiger partial charge on any atom is -0.489 e. The van der Waals surface area contributed by atoms with Crippen molar-refractivity contribution in [3.8, 4) is 5.75 Å². The molecule has 1 aromatic carbocycles. The van der Waals surface area contributed by atoms with Crippen LogP contribution in [0.5, 0.6) is 5.75 Å². The third-order valence-corrected chi connectivity index (χ3v) is 3.54. The van der Waals surface area contributed by atoms with Crippen LogP contribution in [0.1, 0.15) is 39.0 Å². The van der Waals surface area contributed by atoms with E-state index in [0.717, 1.165) is 24.4 Å². The van der Waals surface area contributed by atoms with Crippen LogP contribution >= 0.6 is 0 Å². The minimum atomic E-state index is 0.166. The van der Waals surface area contributed by atoms with Crippen LogP contribution in [-0.2, 0) is 6.54 Å². The van der Waals surface area contributed by atoms with Gasteiger partial charge in [-0.3, -0.25) is 0 Å². The lowest BCUT2D eigenvalue weighted by atomic mass is 10.1. The second-order valence-electron chi connectivity index (χ2n) is 5.42. The van der Waals surface area contributed by atoms with E-state index in [1.807, 2.05) is 36.8 Å². The Morgan fingerprint density at radius 3 is 2.67 bits per heavy atom. The third kappa shape index (κ3) is 5.50. The average molecular weight is 287 g/mol. The number of ether oxygens (including phenoxy) is 1. The number of aromatic nitrogens is 2. The SMILES string of the molecule is CCCCCCC(Cn1ccnc1)Oc1ccc(N)cc1. The van der Waals surface area contributed by atoms with Crippen LogP contribution in [0.25, 0.3) is 0 Å². The molecule has 0 bridgehead atoms. The average Bonchev–Trinajstić information content (AvgIpc) is 2.99. The molecule has 0 aliphatic carbocycles. The monoisotopic (exact) mass is 287 g/mol. The first-order valence-electron chi connectivity index (χ1n) is 7.76. The molecule has 0 fully saturated rings. The Hall–Kier alpha value is -1.97. The van der Waals surface area contributed by atoms with Crippen LogP contribution in [0, 0.1) is 0 Å². The van der Waals surface area contributed by atoms with Gasteiger partial charge in [-0.15, -0.1) is 0 Å². The summed E-state index contributed by atoms with van der Waals surface area (Å²) in [7, 11) is 0. The molecule has 4 heteroatoms. The number of hydrogen-bond acceptors (Lipinski definition) is 3. The molecule has 0 radical (unpaired) electrons. The van der Waals surface area contributed by atoms with Crippen LogP contribution in [0.2, 0.25) is 0 Å². The Morgan fingerprint density at radius 1 is 1.19 bits per heavy atom. The summed E-state index contributed by atoms with van der Waals surface area (Å²) in [6.45, 7) is 3.06. The zero-order chi connectivity index (χ0) is 14.9. The van der Waals surface area contributed by atoms with Crippen LogP contribution in [0.4, 0.5) is 5.69 Å². The fourth-order valence-electron chi connectivity index (χ4n) is 2.35. The molecule has 0 saturated carbocycles. The van der Waals surface area contributed by atoms with Crippen molar-refractivity contribution in [2.45, 2.75) is 51.7 Å². The van der Waals surface area contributed by atoms with Crippen LogP contribution in [0.15, 0.2) is 43.0 Å². The zero-order valence-electron chi connectivity index (χ0n) is 12.7. The molecule has 2 rings (SSSR count). The second-order valence-corrected chi connectivity index (χ2v) is 5.42. The molecule has 2 N–H and O–H groups in total. The highest BCUT2D eigenvalue weighted by Crippen LogP contribution is 2.18. The lowest BCUT2D eigenvalue weighted by Crippen LogP contribution is -2.22. The van der Waals surface area contributed by atoms with Crippen molar-refractivity contribution < 1.29 is 4.74 Å². The molecule has 1 atom stereocenters. The molecule has 0 aliphatic rings. The summed E-state index contributed by atoms with van der Waals surface area (Å²) >= 11 is 0. The maximum Gasteiger partial charge on any atom is 0.119 e. The van der Waals surface area contributed by atoms with Gasteiger partial charge >= 0.3 is 0 Å². The molecule has 0 spiro atoms. The fourth-order valence-corrected chi connectivity index (χ4v) is 2.35. The van der Waals surface area contributed by atoms with E-state index < -0.39 is 0 Å². The van der Waals surface area contributed by atoms with E-state index in [9.17, 15) is 0 Å². The zero-order valence-corrected chi connectivity index (χ0v) is 12.7. The summed E-state index contributed by atoms with van der Waals surface area (Å²) in [5, 5.41) is 0. The number of nitrogens with two attached hydrogens (primary N) is 1. The van der Waals surface area contributed by atoms with Gasteiger partial charge < -0.3 is 15.0 Å². The molecule has 1 unspecified atom stereocenters. The van der Waals surface area contributed by atoms with Gasteiger partial charge in [-0.05, 0) is 37.1 Å². The van der Waals surface area contributed by atoms with Gasteiger partial charge in [0.15, 0.2) is 0 Å². The van der Waals surface area contributed by atoms with E-state index in [0.29, 0.717) is 0 Å². The smallest absolute Gasteiger partial charge is 0.119 e. The van der Waals surface area contributed by atoms with Crippen LogP contribution in [0.3, 0.4) is 0 Å². The minimum absolute atomic E-state index is 0.166. The summed E-state index contributed by atoms with van der Waals surface area (Å²) in [6.07, 6.45) is 11.9. The maximum absolute atomic E-state index is 6.12. The molecular weight excluding hydrogens is 262 g/mol. The van der Waals surface area contributed by atoms with Crippen LogP contribution in [-0.4, -0.2) is 15.7 Å². The Labute approximate surface area is 127 Å². The van der Waals surface area contributed by atoms with E-state index in [1.165, 1.54) is 25.7 Å². The standard InChI is InChI=1S/C17H25N3O/c1-2-3-4-5-6-17(13-20-12-11-19-14-20)21-16-9-7-15(18)8-10-16/h7-12,14,17H,2-6,13,18H2,1H3. The molecule has 114 valence electrons. The maximum atomic E-state index is 6.12. The van der Waals surface area contributed by atoms with E-state index in [4.69, 9.17) is 10.5 Å². The topological polar surface area (TPSA) is 53.1 Å². The van der Waals surface area contributed by atoms with Gasteiger partial charge in [-0.1, -0.05) is 26.2 Å². The Bertz CT molecular complexity index is 493. The van der Waals surface area contributed by atoms with Crippen molar-refractivity contribution in [3.05, 3.63) is 43.0 Å². The van der Waals surface area contributed by atoms with Gasteiger partial charge in [0, 0.05) is 18.1 Å². The molecule has 0 aliphatic heterocycles. The van der Waals surface area contributed by atoms with Crippen molar-refractivity contribution in [1.82, 2.24) is 9.55 Å². The molecule has 1 heterocycles. The number of rotatable bonds is 9. The van der Waals surface area contributed by atoms with E-state index in [-0.39, 0.29) is 6.10 Å². The predicted molar refractivity (Wildman–Crippen MR) is 86.3 cm³/mol. The van der Waals surface area contributed by atoms with Gasteiger partial charge in [0.1, 0.15) is 11.9 Å². The molecule has 1 aromatic heterocycles. The Kier molecular flexibility index (Phi) is 6.13. The van der Waals surface area contributed by atoms with Crippen molar-refractivity contribution in [2.24, 2.45) is 0 Å². The number of hydrogen-bond donors (Lipinski definition) is 1. The van der Waals surface area contributed by atoms with Gasteiger partial charge in [0.2, 0.25) is 0 Å². The van der Waals surface area contributed by atoms with E-state index in [2.05, 4.69) is 16.5 Å². The quantitative estimate of drug-likeness (QED) is 0.562. The normalized spacial score (nSPS) is 12.2. The van der Waals surface area contributed by atoms with Crippen molar-refractivity contribution in [2.75, 3.05) is 5.73 Å². The fraction of sp³-hybridized carbons (Fsp3) is 0.471. The van der Waals surface area contributed by atoms with Gasteiger partial charge in [0.05, 0.1) is 12.9 Å². The number of nitrogens with zero attached hydrogens (tertiary/aromatic N) is 2. The molecular formula is C17H25N3O. The van der Waals surface area contributed by atoms with E-state index in [1.54, 1.807) is 6.20 Å². The van der Waals surface area contributed by atoms with Crippen molar-refractivity contribution in [3.63, 3.8) is 0 Å². The number of imidazole rings is 1. The third-order valence-electron chi connectivity index (χ3n) is 3.54. The molecule has 0 amide bonds. The first-order chi connectivity index (χ1) is 10.3. The second kappa shape index (κ2) is 8.35. The number of nitrogen functional groups attached to an aromatic ring is 1. The number of unbranched alkanes of at least 4 members (excludes halogenated alkanes) is 3. The van der Waals surface area contributed by atoms with Gasteiger partial charge in [-0.25, -0.2) is 4.98 Å². The largest absolute Gasteiger partial charge is 0.489 e. The highest BCUT2D eigenvalue weighted by molar-refractivity contribution is 5.41. The lowest BCUT2D eigenvalue weighted by molar-refractivity contribution is 0.166. The first-order valence-corrected chi connectivity index (χ1v) is 7.76. The lowest BCUT2D eigenvalue weighted by Gasteiger charge is -2.20. The summed E-state index contributed by atoms with van der Waals surface area (Å²) < 4.78 is 8.19. The molecule has 2 aromatic rings. The summed E-state index contributed by atoms with van der Waals surface area (Å²) in [5.41, 5.74) is 6.47. The number of benzene rings is 1. The highest BCUT2D eigenvalue weighted by atomic mass is 16.5.